The number of hydrogen-bond acceptors (Lipinski definition) is 3. The molecule has 0 radical (unpaired) electrons. The Bertz CT molecular complexity index is 781. The van der Waals surface area contributed by atoms with Crippen LogP contribution in [0.15, 0.2) is 60.7 Å². The number of ketones is 1. The topological polar surface area (TPSA) is 43.4 Å². The highest BCUT2D eigenvalue weighted by Gasteiger charge is 2.24. The van der Waals surface area contributed by atoms with Gasteiger partial charge in [0.15, 0.2) is 5.78 Å². The summed E-state index contributed by atoms with van der Waals surface area (Å²) < 4.78 is 5.47. The quantitative estimate of drug-likeness (QED) is 0.334. The summed E-state index contributed by atoms with van der Waals surface area (Å²) >= 11 is 0. The summed E-state index contributed by atoms with van der Waals surface area (Å²) in [7, 11) is 0. The molecule has 0 heterocycles. The van der Waals surface area contributed by atoms with E-state index in [1.165, 1.54) is 0 Å². The van der Waals surface area contributed by atoms with Crippen LogP contribution in [0.3, 0.4) is 0 Å². The zero-order valence-corrected chi connectivity index (χ0v) is 15.2. The van der Waals surface area contributed by atoms with Crippen molar-refractivity contribution in [3.8, 4) is 5.75 Å². The summed E-state index contributed by atoms with van der Waals surface area (Å²) in [5.74, 6) is 0.129. The first-order chi connectivity index (χ1) is 11.8. The van der Waals surface area contributed by atoms with Crippen molar-refractivity contribution in [2.75, 3.05) is 0 Å². The molecular weight excluding hydrogens is 312 g/mol. The zero-order chi connectivity index (χ0) is 18.4. The predicted octanol–water partition coefficient (Wildman–Crippen LogP) is 4.99. The molecule has 0 fully saturated rings. The number of allylic oxidation sites excluding steroid dienone is 2. The molecular formula is C22H24O3. The van der Waals surface area contributed by atoms with Gasteiger partial charge in [-0.2, -0.15) is 0 Å². The molecule has 0 aliphatic carbocycles. The summed E-state index contributed by atoms with van der Waals surface area (Å²) in [5.41, 5.74) is 1.52. The smallest absolute Gasteiger partial charge is 0.316 e. The summed E-state index contributed by atoms with van der Waals surface area (Å²) in [4.78, 5) is 24.9. The van der Waals surface area contributed by atoms with E-state index in [1.54, 1.807) is 30.3 Å². The fourth-order valence-electron chi connectivity index (χ4n) is 2.27. The Morgan fingerprint density at radius 2 is 1.72 bits per heavy atom. The Morgan fingerprint density at radius 3 is 2.32 bits per heavy atom. The van der Waals surface area contributed by atoms with Crippen LogP contribution in [-0.4, -0.2) is 11.8 Å². The first kappa shape index (κ1) is 18.7. The standard InChI is InChI=1S/C22H24O3/c1-5-6-10-17-15-18(25-21(24)22(2,3)4)13-14-19(17)20(23)16-11-8-7-9-12-16/h5-9,11-15H,10H2,1-4H3. The molecule has 25 heavy (non-hydrogen) atoms. The monoisotopic (exact) mass is 336 g/mol. The van der Waals surface area contributed by atoms with Gasteiger partial charge in [-0.3, -0.25) is 9.59 Å². The third-order valence-electron chi connectivity index (χ3n) is 3.75. The normalized spacial score (nSPS) is 11.5. The summed E-state index contributed by atoms with van der Waals surface area (Å²) in [6.07, 6.45) is 4.52. The van der Waals surface area contributed by atoms with Crippen molar-refractivity contribution in [3.05, 3.63) is 77.4 Å². The van der Waals surface area contributed by atoms with Crippen molar-refractivity contribution >= 4 is 11.8 Å². The molecule has 0 bridgehead atoms. The van der Waals surface area contributed by atoms with Gasteiger partial charge in [0, 0.05) is 11.1 Å². The Morgan fingerprint density at radius 1 is 1.04 bits per heavy atom. The number of esters is 1. The molecule has 0 aromatic heterocycles. The van der Waals surface area contributed by atoms with Crippen LogP contribution in [0.1, 0.15) is 49.2 Å². The van der Waals surface area contributed by atoms with Gasteiger partial charge in [-0.1, -0.05) is 42.5 Å². The van der Waals surface area contributed by atoms with Crippen LogP contribution in [0.4, 0.5) is 0 Å². The Hall–Kier alpha value is -2.68. The lowest BCUT2D eigenvalue weighted by Gasteiger charge is -2.17. The molecule has 3 heteroatoms. The lowest BCUT2D eigenvalue weighted by molar-refractivity contribution is -0.142. The van der Waals surface area contributed by atoms with E-state index in [0.29, 0.717) is 23.3 Å². The minimum atomic E-state index is -0.581. The second-order valence-electron chi connectivity index (χ2n) is 6.93. The maximum atomic E-state index is 12.8. The van der Waals surface area contributed by atoms with E-state index in [1.807, 2.05) is 58.0 Å². The van der Waals surface area contributed by atoms with Crippen LogP contribution < -0.4 is 4.74 Å². The van der Waals surface area contributed by atoms with Crippen LogP contribution >= 0.6 is 0 Å². The van der Waals surface area contributed by atoms with Crippen LogP contribution in [-0.2, 0) is 11.2 Å². The summed E-state index contributed by atoms with van der Waals surface area (Å²) in [5, 5.41) is 0. The highest BCUT2D eigenvalue weighted by molar-refractivity contribution is 6.10. The number of rotatable bonds is 5. The fourth-order valence-corrected chi connectivity index (χ4v) is 2.27. The van der Waals surface area contributed by atoms with Crippen molar-refractivity contribution in [1.82, 2.24) is 0 Å². The molecule has 2 aromatic carbocycles. The van der Waals surface area contributed by atoms with Crippen molar-refractivity contribution in [2.45, 2.75) is 34.1 Å². The molecule has 130 valence electrons. The minimum Gasteiger partial charge on any atom is -0.426 e. The van der Waals surface area contributed by atoms with Gasteiger partial charge in [0.2, 0.25) is 0 Å². The Balaban J connectivity index is 2.37. The van der Waals surface area contributed by atoms with Crippen molar-refractivity contribution in [2.24, 2.45) is 5.41 Å². The van der Waals surface area contributed by atoms with E-state index in [9.17, 15) is 9.59 Å². The van der Waals surface area contributed by atoms with Gasteiger partial charge in [0.1, 0.15) is 5.75 Å². The Kier molecular flexibility index (Phi) is 5.92. The molecule has 0 aliphatic rings. The third kappa shape index (κ3) is 4.90. The molecule has 0 atom stereocenters. The molecule has 0 spiro atoms. The van der Waals surface area contributed by atoms with Crippen molar-refractivity contribution < 1.29 is 14.3 Å². The fraction of sp³-hybridized carbons (Fsp3) is 0.273. The van der Waals surface area contributed by atoms with Gasteiger partial charge >= 0.3 is 5.97 Å². The molecule has 2 rings (SSSR count). The molecule has 0 saturated carbocycles. The van der Waals surface area contributed by atoms with Gasteiger partial charge in [-0.15, -0.1) is 0 Å². The summed E-state index contributed by atoms with van der Waals surface area (Å²) in [6.45, 7) is 7.36. The van der Waals surface area contributed by atoms with Crippen LogP contribution in [0.5, 0.6) is 5.75 Å². The molecule has 2 aromatic rings. The molecule has 0 amide bonds. The van der Waals surface area contributed by atoms with Gasteiger partial charge < -0.3 is 4.74 Å². The number of benzene rings is 2. The van der Waals surface area contributed by atoms with Crippen molar-refractivity contribution in [1.29, 1.82) is 0 Å². The van der Waals surface area contributed by atoms with E-state index in [0.717, 1.165) is 5.56 Å². The molecule has 0 aliphatic heterocycles. The summed E-state index contributed by atoms with van der Waals surface area (Å²) in [6, 6.07) is 14.4. The van der Waals surface area contributed by atoms with E-state index < -0.39 is 5.41 Å². The van der Waals surface area contributed by atoms with Gasteiger partial charge in [-0.05, 0) is 57.9 Å². The largest absolute Gasteiger partial charge is 0.426 e. The number of ether oxygens (including phenoxy) is 1. The predicted molar refractivity (Wildman–Crippen MR) is 99.9 cm³/mol. The van der Waals surface area contributed by atoms with E-state index in [2.05, 4.69) is 0 Å². The maximum Gasteiger partial charge on any atom is 0.316 e. The number of carbonyl (C=O) groups excluding carboxylic acids is 2. The van der Waals surface area contributed by atoms with Crippen LogP contribution in [0, 0.1) is 5.41 Å². The van der Waals surface area contributed by atoms with Crippen molar-refractivity contribution in [3.63, 3.8) is 0 Å². The molecule has 0 saturated heterocycles. The second-order valence-corrected chi connectivity index (χ2v) is 6.93. The van der Waals surface area contributed by atoms with Crippen LogP contribution in [0.25, 0.3) is 0 Å². The van der Waals surface area contributed by atoms with E-state index >= 15 is 0 Å². The van der Waals surface area contributed by atoms with Crippen LogP contribution in [0.2, 0.25) is 0 Å². The minimum absolute atomic E-state index is 0.0335. The average molecular weight is 336 g/mol. The number of carbonyl (C=O) groups is 2. The lowest BCUT2D eigenvalue weighted by Crippen LogP contribution is -2.25. The van der Waals surface area contributed by atoms with Gasteiger partial charge in [0.25, 0.3) is 0 Å². The first-order valence-corrected chi connectivity index (χ1v) is 8.39. The second kappa shape index (κ2) is 7.93. The van der Waals surface area contributed by atoms with E-state index in [-0.39, 0.29) is 11.8 Å². The van der Waals surface area contributed by atoms with Gasteiger partial charge in [0.05, 0.1) is 5.41 Å². The highest BCUT2D eigenvalue weighted by Crippen LogP contribution is 2.24. The molecule has 3 nitrogen and oxygen atoms in total. The number of hydrogen-bond donors (Lipinski definition) is 0. The Labute approximate surface area is 149 Å². The molecule has 0 unspecified atom stereocenters. The third-order valence-corrected chi connectivity index (χ3v) is 3.75. The van der Waals surface area contributed by atoms with E-state index in [4.69, 9.17) is 4.74 Å². The molecule has 0 N–H and O–H groups in total. The average Bonchev–Trinajstić information content (AvgIpc) is 2.59. The van der Waals surface area contributed by atoms with Gasteiger partial charge in [-0.25, -0.2) is 0 Å². The zero-order valence-electron chi connectivity index (χ0n) is 15.2. The first-order valence-electron chi connectivity index (χ1n) is 8.39. The maximum absolute atomic E-state index is 12.8. The SMILES string of the molecule is CC=CCc1cc(OC(=O)C(C)(C)C)ccc1C(=O)c1ccccc1. The highest BCUT2D eigenvalue weighted by atomic mass is 16.5. The lowest BCUT2D eigenvalue weighted by atomic mass is 9.95.